The summed E-state index contributed by atoms with van der Waals surface area (Å²) in [5.74, 6) is 0.439. The fourth-order valence-corrected chi connectivity index (χ4v) is 4.17. The maximum absolute atomic E-state index is 13.2. The number of aromatic nitrogens is 2. The van der Waals surface area contributed by atoms with Gasteiger partial charge in [0, 0.05) is 12.8 Å². The van der Waals surface area contributed by atoms with Crippen molar-refractivity contribution in [2.75, 3.05) is 6.61 Å². The molecule has 2 fully saturated rings. The molecule has 25 heavy (non-hydrogen) atoms. The number of amides is 1. The minimum absolute atomic E-state index is 0.0129. The molecule has 2 N–H and O–H groups in total. The Hall–Kier alpha value is -1.95. The number of aromatic amines is 1. The van der Waals surface area contributed by atoms with Crippen molar-refractivity contribution in [1.82, 2.24) is 15.3 Å². The van der Waals surface area contributed by atoms with Gasteiger partial charge in [0.05, 0.1) is 29.3 Å². The molecule has 1 aliphatic heterocycles. The number of H-pyrrole nitrogens is 1. The van der Waals surface area contributed by atoms with Gasteiger partial charge in [0.15, 0.2) is 0 Å². The number of nitrogens with one attached hydrogen (secondary N) is 2. The number of nitrogens with zero attached hydrogens (tertiary/aromatic N) is 1. The lowest BCUT2D eigenvalue weighted by Gasteiger charge is -2.32. The molecule has 4 rings (SSSR count). The van der Waals surface area contributed by atoms with Crippen LogP contribution in [0.15, 0.2) is 18.2 Å². The lowest BCUT2D eigenvalue weighted by Crippen LogP contribution is -2.37. The van der Waals surface area contributed by atoms with E-state index < -0.39 is 0 Å². The van der Waals surface area contributed by atoms with Crippen molar-refractivity contribution in [2.45, 2.75) is 63.0 Å². The number of hydrogen-bond donors (Lipinski definition) is 2. The molecule has 1 atom stereocenters. The minimum Gasteiger partial charge on any atom is -0.373 e. The number of carbonyl (C=O) groups excluding carboxylic acids is 1. The van der Waals surface area contributed by atoms with E-state index in [1.165, 1.54) is 31.4 Å². The zero-order valence-electron chi connectivity index (χ0n) is 14.3. The average molecular weight is 345 g/mol. The SMILES string of the molecule is O=C(CCc1nc2ccc(F)cc2[nH]1)N[C@H]1COC2(CCCCC2)C1. The molecule has 0 radical (unpaired) electrons. The smallest absolute Gasteiger partial charge is 0.220 e. The van der Waals surface area contributed by atoms with E-state index in [9.17, 15) is 9.18 Å². The molecule has 2 aromatic rings. The van der Waals surface area contributed by atoms with Crippen LogP contribution >= 0.6 is 0 Å². The Labute approximate surface area is 146 Å². The molecule has 1 aromatic carbocycles. The van der Waals surface area contributed by atoms with Gasteiger partial charge in [-0.05, 0) is 37.5 Å². The highest BCUT2D eigenvalue weighted by atomic mass is 19.1. The summed E-state index contributed by atoms with van der Waals surface area (Å²) in [7, 11) is 0. The van der Waals surface area contributed by atoms with Crippen LogP contribution in [-0.4, -0.2) is 34.1 Å². The van der Waals surface area contributed by atoms with E-state index >= 15 is 0 Å². The number of imidazole rings is 1. The first kappa shape index (κ1) is 16.5. The van der Waals surface area contributed by atoms with Gasteiger partial charge in [-0.15, -0.1) is 0 Å². The Bertz CT molecular complexity index is 767. The van der Waals surface area contributed by atoms with Crippen LogP contribution in [0.2, 0.25) is 0 Å². The fourth-order valence-electron chi connectivity index (χ4n) is 4.17. The lowest BCUT2D eigenvalue weighted by atomic mass is 9.82. The quantitative estimate of drug-likeness (QED) is 0.894. The molecule has 1 amide bonds. The monoisotopic (exact) mass is 345 g/mol. The average Bonchev–Trinajstić information content (AvgIpc) is 3.17. The molecule has 134 valence electrons. The fraction of sp³-hybridized carbons (Fsp3) is 0.579. The first-order valence-corrected chi connectivity index (χ1v) is 9.19. The standard InChI is InChI=1S/C19H24FN3O2/c20-13-4-5-15-16(10-13)23-17(22-15)6-7-18(24)21-14-11-19(25-12-14)8-2-1-3-9-19/h4-5,10,14H,1-3,6-9,11-12H2,(H,21,24)(H,22,23)/t14-/m1/s1. The largest absolute Gasteiger partial charge is 0.373 e. The van der Waals surface area contributed by atoms with Gasteiger partial charge >= 0.3 is 0 Å². The van der Waals surface area contributed by atoms with Crippen LogP contribution in [0.1, 0.15) is 50.8 Å². The van der Waals surface area contributed by atoms with Crippen molar-refractivity contribution < 1.29 is 13.9 Å². The second-order valence-electron chi connectivity index (χ2n) is 7.37. The van der Waals surface area contributed by atoms with Gasteiger partial charge in [0.2, 0.25) is 5.91 Å². The zero-order chi connectivity index (χ0) is 17.3. The molecule has 0 bridgehead atoms. The topological polar surface area (TPSA) is 67.0 Å². The molecule has 1 aromatic heterocycles. The van der Waals surface area contributed by atoms with Gasteiger partial charge in [0.25, 0.3) is 0 Å². The summed E-state index contributed by atoms with van der Waals surface area (Å²) >= 11 is 0. The van der Waals surface area contributed by atoms with Crippen molar-refractivity contribution >= 4 is 16.9 Å². The molecule has 1 saturated carbocycles. The van der Waals surface area contributed by atoms with Crippen molar-refractivity contribution in [3.63, 3.8) is 0 Å². The van der Waals surface area contributed by atoms with Crippen LogP contribution in [0.3, 0.4) is 0 Å². The first-order chi connectivity index (χ1) is 12.1. The third-order valence-corrected chi connectivity index (χ3v) is 5.42. The Morgan fingerprint density at radius 2 is 2.20 bits per heavy atom. The van der Waals surface area contributed by atoms with Crippen LogP contribution in [0, 0.1) is 5.82 Å². The van der Waals surface area contributed by atoms with Gasteiger partial charge < -0.3 is 15.0 Å². The number of hydrogen-bond acceptors (Lipinski definition) is 3. The highest BCUT2D eigenvalue weighted by Crippen LogP contribution is 2.39. The van der Waals surface area contributed by atoms with Crippen molar-refractivity contribution in [3.05, 3.63) is 29.8 Å². The van der Waals surface area contributed by atoms with E-state index in [2.05, 4.69) is 15.3 Å². The Morgan fingerprint density at radius 3 is 3.04 bits per heavy atom. The van der Waals surface area contributed by atoms with Crippen LogP contribution in [0.25, 0.3) is 11.0 Å². The molecular formula is C19H24FN3O2. The predicted molar refractivity (Wildman–Crippen MR) is 92.7 cm³/mol. The van der Waals surface area contributed by atoms with E-state index in [-0.39, 0.29) is 23.4 Å². The minimum atomic E-state index is -0.293. The van der Waals surface area contributed by atoms with Gasteiger partial charge in [-0.2, -0.15) is 0 Å². The summed E-state index contributed by atoms with van der Waals surface area (Å²) in [5, 5.41) is 3.10. The lowest BCUT2D eigenvalue weighted by molar-refractivity contribution is -0.121. The van der Waals surface area contributed by atoms with Crippen LogP contribution in [0.5, 0.6) is 0 Å². The molecule has 6 heteroatoms. The molecule has 5 nitrogen and oxygen atoms in total. The summed E-state index contributed by atoms with van der Waals surface area (Å²) in [6.45, 7) is 0.621. The maximum Gasteiger partial charge on any atom is 0.220 e. The predicted octanol–water partition coefficient (Wildman–Crippen LogP) is 3.24. The van der Waals surface area contributed by atoms with Crippen molar-refractivity contribution in [3.8, 4) is 0 Å². The summed E-state index contributed by atoms with van der Waals surface area (Å²) in [5.41, 5.74) is 1.40. The highest BCUT2D eigenvalue weighted by molar-refractivity contribution is 5.77. The molecular weight excluding hydrogens is 321 g/mol. The van der Waals surface area contributed by atoms with Gasteiger partial charge in [-0.25, -0.2) is 9.37 Å². The summed E-state index contributed by atoms with van der Waals surface area (Å²) in [4.78, 5) is 19.7. The molecule has 1 aliphatic carbocycles. The summed E-state index contributed by atoms with van der Waals surface area (Å²) in [6, 6.07) is 4.58. The van der Waals surface area contributed by atoms with E-state index in [1.54, 1.807) is 6.07 Å². The molecule has 2 aliphatic rings. The Kier molecular flexibility index (Phi) is 4.46. The zero-order valence-corrected chi connectivity index (χ0v) is 14.3. The maximum atomic E-state index is 13.2. The molecule has 1 saturated heterocycles. The van der Waals surface area contributed by atoms with Crippen molar-refractivity contribution in [2.24, 2.45) is 0 Å². The van der Waals surface area contributed by atoms with Crippen LogP contribution < -0.4 is 5.32 Å². The Morgan fingerprint density at radius 1 is 1.36 bits per heavy atom. The summed E-state index contributed by atoms with van der Waals surface area (Å²) in [6.07, 6.45) is 7.81. The summed E-state index contributed by atoms with van der Waals surface area (Å²) < 4.78 is 19.3. The second kappa shape index (κ2) is 6.75. The van der Waals surface area contributed by atoms with E-state index in [4.69, 9.17) is 4.74 Å². The number of ether oxygens (including phenoxy) is 1. The van der Waals surface area contributed by atoms with E-state index in [1.807, 2.05) is 0 Å². The number of benzene rings is 1. The van der Waals surface area contributed by atoms with Crippen LogP contribution in [-0.2, 0) is 16.0 Å². The molecule has 2 heterocycles. The third kappa shape index (κ3) is 3.68. The highest BCUT2D eigenvalue weighted by Gasteiger charge is 2.41. The molecule has 0 unspecified atom stereocenters. The van der Waals surface area contributed by atoms with Gasteiger partial charge in [-0.1, -0.05) is 19.3 Å². The van der Waals surface area contributed by atoms with Gasteiger partial charge in [-0.3, -0.25) is 4.79 Å². The Balaban J connectivity index is 1.29. The van der Waals surface area contributed by atoms with Gasteiger partial charge in [0.1, 0.15) is 11.6 Å². The molecule has 1 spiro atoms. The van der Waals surface area contributed by atoms with Crippen molar-refractivity contribution in [1.29, 1.82) is 0 Å². The van der Waals surface area contributed by atoms with Crippen LogP contribution in [0.4, 0.5) is 4.39 Å². The number of carbonyl (C=O) groups is 1. The van der Waals surface area contributed by atoms with E-state index in [0.717, 1.165) is 24.8 Å². The number of rotatable bonds is 4. The number of halogens is 1. The van der Waals surface area contributed by atoms with E-state index in [0.29, 0.717) is 30.8 Å². The second-order valence-corrected chi connectivity index (χ2v) is 7.37. The normalized spacial score (nSPS) is 22.5. The first-order valence-electron chi connectivity index (χ1n) is 9.19. The third-order valence-electron chi connectivity index (χ3n) is 5.42. The number of aryl methyl sites for hydroxylation is 1. The number of fused-ring (bicyclic) bond motifs is 1.